The van der Waals surface area contributed by atoms with Gasteiger partial charge in [0.2, 0.25) is 5.91 Å². The quantitative estimate of drug-likeness (QED) is 0.772. The molecule has 2 atom stereocenters. The molecule has 0 saturated carbocycles. The van der Waals surface area contributed by atoms with Crippen LogP contribution in [0.2, 0.25) is 0 Å². The van der Waals surface area contributed by atoms with Gasteiger partial charge in [-0.15, -0.1) is 0 Å². The van der Waals surface area contributed by atoms with Gasteiger partial charge in [0.25, 0.3) is 5.91 Å². The Balaban J connectivity index is 1.71. The summed E-state index contributed by atoms with van der Waals surface area (Å²) in [6.07, 6.45) is 0.474. The number of aliphatic hydroxyl groups is 1. The Labute approximate surface area is 146 Å². The standard InChI is InChI=1S/C18H24N2O5/c1-17(2)13-6-4-5-7-14(13)20(16(17)22)11-18(3,23)15(21)19-25-12-8-9-24-10-12/h4-7,12,23H,8-11H2,1-3H3,(H,19,21). The van der Waals surface area contributed by atoms with Crippen molar-refractivity contribution in [1.82, 2.24) is 5.48 Å². The summed E-state index contributed by atoms with van der Waals surface area (Å²) in [6, 6.07) is 7.42. The van der Waals surface area contributed by atoms with Crippen LogP contribution in [0.1, 0.15) is 32.8 Å². The predicted octanol–water partition coefficient (Wildman–Crippen LogP) is 0.898. The van der Waals surface area contributed by atoms with Gasteiger partial charge in [-0.1, -0.05) is 18.2 Å². The van der Waals surface area contributed by atoms with E-state index in [9.17, 15) is 14.7 Å². The molecule has 0 radical (unpaired) electrons. The highest BCUT2D eigenvalue weighted by Gasteiger charge is 2.47. The van der Waals surface area contributed by atoms with Gasteiger partial charge in [0.05, 0.1) is 18.6 Å². The molecular weight excluding hydrogens is 324 g/mol. The van der Waals surface area contributed by atoms with E-state index in [1.165, 1.54) is 11.8 Å². The van der Waals surface area contributed by atoms with E-state index in [0.717, 1.165) is 11.3 Å². The molecule has 7 nitrogen and oxygen atoms in total. The number of rotatable bonds is 5. The Morgan fingerprint density at radius 3 is 2.88 bits per heavy atom. The topological polar surface area (TPSA) is 88.1 Å². The maximum absolute atomic E-state index is 12.8. The molecule has 2 amide bonds. The third kappa shape index (κ3) is 3.27. The zero-order valence-electron chi connectivity index (χ0n) is 14.7. The third-order valence-corrected chi connectivity index (χ3v) is 4.81. The van der Waals surface area contributed by atoms with Crippen molar-refractivity contribution in [1.29, 1.82) is 0 Å². The minimum atomic E-state index is -1.79. The number of nitrogens with zero attached hydrogens (tertiary/aromatic N) is 1. The van der Waals surface area contributed by atoms with E-state index in [2.05, 4.69) is 5.48 Å². The molecule has 1 fully saturated rings. The van der Waals surface area contributed by atoms with Crippen LogP contribution in [0.3, 0.4) is 0 Å². The maximum Gasteiger partial charge on any atom is 0.277 e. The number of hydroxylamine groups is 1. The number of carbonyl (C=O) groups excluding carboxylic acids is 2. The van der Waals surface area contributed by atoms with E-state index in [1.54, 1.807) is 0 Å². The van der Waals surface area contributed by atoms with Gasteiger partial charge in [-0.3, -0.25) is 14.4 Å². The number of amides is 2. The summed E-state index contributed by atoms with van der Waals surface area (Å²) in [5.41, 5.74) is 1.41. The van der Waals surface area contributed by atoms with E-state index in [1.807, 2.05) is 38.1 Å². The normalized spacial score (nSPS) is 24.1. The van der Waals surface area contributed by atoms with Crippen molar-refractivity contribution in [3.8, 4) is 0 Å². The molecule has 2 unspecified atom stereocenters. The zero-order chi connectivity index (χ0) is 18.2. The van der Waals surface area contributed by atoms with Crippen molar-refractivity contribution >= 4 is 17.5 Å². The first-order chi connectivity index (χ1) is 11.7. The highest BCUT2D eigenvalue weighted by molar-refractivity contribution is 6.08. The van der Waals surface area contributed by atoms with Crippen LogP contribution in [-0.2, 0) is 24.6 Å². The molecule has 0 bridgehead atoms. The molecule has 25 heavy (non-hydrogen) atoms. The fourth-order valence-electron chi connectivity index (χ4n) is 3.19. The first kappa shape index (κ1) is 17.8. The number of anilines is 1. The number of nitrogens with one attached hydrogen (secondary N) is 1. The molecular formula is C18H24N2O5. The largest absolute Gasteiger partial charge is 0.379 e. The number of hydrogen-bond acceptors (Lipinski definition) is 5. The first-order valence-corrected chi connectivity index (χ1v) is 8.41. The molecule has 136 valence electrons. The van der Waals surface area contributed by atoms with Gasteiger partial charge in [-0.25, -0.2) is 5.48 Å². The summed E-state index contributed by atoms with van der Waals surface area (Å²) < 4.78 is 5.17. The van der Waals surface area contributed by atoms with E-state index in [0.29, 0.717) is 19.6 Å². The molecule has 0 aromatic heterocycles. The lowest BCUT2D eigenvalue weighted by Crippen LogP contribution is -2.54. The summed E-state index contributed by atoms with van der Waals surface area (Å²) in [7, 11) is 0. The van der Waals surface area contributed by atoms with Crippen molar-refractivity contribution < 1.29 is 24.3 Å². The lowest BCUT2D eigenvalue weighted by Gasteiger charge is -2.29. The average Bonchev–Trinajstić information content (AvgIpc) is 3.15. The fraction of sp³-hybridized carbons (Fsp3) is 0.556. The summed E-state index contributed by atoms with van der Waals surface area (Å²) in [5, 5.41) is 10.6. The van der Waals surface area contributed by atoms with Crippen LogP contribution < -0.4 is 10.4 Å². The van der Waals surface area contributed by atoms with Crippen LogP contribution in [0.4, 0.5) is 5.69 Å². The minimum absolute atomic E-state index is 0.146. The van der Waals surface area contributed by atoms with Crippen molar-refractivity contribution in [3.63, 3.8) is 0 Å². The molecule has 3 rings (SSSR count). The predicted molar refractivity (Wildman–Crippen MR) is 90.9 cm³/mol. The number of fused-ring (bicyclic) bond motifs is 1. The summed E-state index contributed by atoms with van der Waals surface area (Å²) >= 11 is 0. The Morgan fingerprint density at radius 2 is 2.20 bits per heavy atom. The first-order valence-electron chi connectivity index (χ1n) is 8.41. The third-order valence-electron chi connectivity index (χ3n) is 4.81. The van der Waals surface area contributed by atoms with Crippen molar-refractivity contribution in [2.45, 2.75) is 44.3 Å². The van der Waals surface area contributed by atoms with Crippen molar-refractivity contribution in [2.24, 2.45) is 0 Å². The molecule has 2 aliphatic rings. The van der Waals surface area contributed by atoms with Crippen LogP contribution in [0, 0.1) is 0 Å². The van der Waals surface area contributed by atoms with Crippen LogP contribution >= 0.6 is 0 Å². The van der Waals surface area contributed by atoms with Gasteiger partial charge in [-0.05, 0) is 32.4 Å². The second-order valence-electron chi connectivity index (χ2n) is 7.34. The Hall–Kier alpha value is -1.96. The highest BCUT2D eigenvalue weighted by Crippen LogP contribution is 2.41. The fourth-order valence-corrected chi connectivity index (χ4v) is 3.19. The van der Waals surface area contributed by atoms with Crippen molar-refractivity contribution in [2.75, 3.05) is 24.7 Å². The number of para-hydroxylation sites is 1. The zero-order valence-corrected chi connectivity index (χ0v) is 14.7. The molecule has 7 heteroatoms. The van der Waals surface area contributed by atoms with Crippen LogP contribution in [0.15, 0.2) is 24.3 Å². The molecule has 2 heterocycles. The maximum atomic E-state index is 12.8. The number of carbonyl (C=O) groups is 2. The second kappa shape index (κ2) is 6.40. The van der Waals surface area contributed by atoms with Crippen LogP contribution in [-0.4, -0.2) is 48.4 Å². The van der Waals surface area contributed by atoms with Crippen molar-refractivity contribution in [3.05, 3.63) is 29.8 Å². The SMILES string of the molecule is CC(O)(CN1C(=O)C(C)(C)c2ccccc21)C(=O)NOC1CCOC1. The van der Waals surface area contributed by atoms with Gasteiger partial charge in [0.1, 0.15) is 6.10 Å². The number of hydrogen-bond donors (Lipinski definition) is 2. The Morgan fingerprint density at radius 1 is 1.48 bits per heavy atom. The Bertz CT molecular complexity index is 680. The lowest BCUT2D eigenvalue weighted by molar-refractivity contribution is -0.155. The Kier molecular flexibility index (Phi) is 4.57. The monoisotopic (exact) mass is 348 g/mol. The summed E-state index contributed by atoms with van der Waals surface area (Å²) in [5.74, 6) is -0.832. The van der Waals surface area contributed by atoms with Gasteiger partial charge < -0.3 is 14.7 Å². The molecule has 1 aromatic carbocycles. The molecule has 2 aliphatic heterocycles. The van der Waals surface area contributed by atoms with E-state index >= 15 is 0 Å². The van der Waals surface area contributed by atoms with Gasteiger partial charge >= 0.3 is 0 Å². The van der Waals surface area contributed by atoms with Crippen LogP contribution in [0.25, 0.3) is 0 Å². The molecule has 0 spiro atoms. The lowest BCUT2D eigenvalue weighted by atomic mass is 9.86. The minimum Gasteiger partial charge on any atom is -0.379 e. The summed E-state index contributed by atoms with van der Waals surface area (Å²) in [4.78, 5) is 31.8. The molecule has 2 N–H and O–H groups in total. The smallest absolute Gasteiger partial charge is 0.277 e. The van der Waals surface area contributed by atoms with Gasteiger partial charge in [0, 0.05) is 18.7 Å². The average molecular weight is 348 g/mol. The summed E-state index contributed by atoms with van der Waals surface area (Å²) in [6.45, 7) is 5.90. The van der Waals surface area contributed by atoms with E-state index in [4.69, 9.17) is 9.57 Å². The number of ether oxygens (including phenoxy) is 1. The molecule has 0 aliphatic carbocycles. The molecule has 1 aromatic rings. The second-order valence-corrected chi connectivity index (χ2v) is 7.34. The van der Waals surface area contributed by atoms with E-state index in [-0.39, 0.29) is 18.6 Å². The van der Waals surface area contributed by atoms with Crippen LogP contribution in [0.5, 0.6) is 0 Å². The molecule has 1 saturated heterocycles. The van der Waals surface area contributed by atoms with E-state index < -0.39 is 16.9 Å². The number of β-amino-alcohol motifs (C(OH)–C–C–N with tert-alkyl or cyclic N) is 1. The number of benzene rings is 1. The van der Waals surface area contributed by atoms with Gasteiger partial charge in [0.15, 0.2) is 5.60 Å². The highest BCUT2D eigenvalue weighted by atomic mass is 16.7. The van der Waals surface area contributed by atoms with Gasteiger partial charge in [-0.2, -0.15) is 0 Å².